The Hall–Kier alpha value is -2.37. The lowest BCUT2D eigenvalue weighted by molar-refractivity contribution is -0.145. The fourth-order valence-corrected chi connectivity index (χ4v) is 1.63. The summed E-state index contributed by atoms with van der Waals surface area (Å²) >= 11 is 0. The molecule has 6 nitrogen and oxygen atoms in total. The molecular formula is C11H9NO5. The topological polar surface area (TPSA) is 101 Å². The Bertz CT molecular complexity index is 574. The minimum atomic E-state index is -1.23. The van der Waals surface area contributed by atoms with E-state index in [1.807, 2.05) is 0 Å². The summed E-state index contributed by atoms with van der Waals surface area (Å²) in [5.41, 5.74) is 0.592. The van der Waals surface area contributed by atoms with E-state index < -0.39 is 24.3 Å². The first kappa shape index (κ1) is 11.1. The van der Waals surface area contributed by atoms with Crippen molar-refractivity contribution in [2.24, 2.45) is 0 Å². The monoisotopic (exact) mass is 235 g/mol. The molecule has 0 aliphatic rings. The summed E-state index contributed by atoms with van der Waals surface area (Å²) in [6.07, 6.45) is -0.522. The fraction of sp³-hybridized carbons (Fsp3) is 0.182. The molecule has 0 saturated carbocycles. The number of hydrogen-bond donors (Lipinski definition) is 2. The molecule has 1 atom stereocenters. The van der Waals surface area contributed by atoms with Gasteiger partial charge in [-0.1, -0.05) is 17.3 Å². The number of aliphatic carboxylic acids is 2. The van der Waals surface area contributed by atoms with Gasteiger partial charge in [-0.15, -0.1) is 0 Å². The van der Waals surface area contributed by atoms with Gasteiger partial charge < -0.3 is 14.7 Å². The summed E-state index contributed by atoms with van der Waals surface area (Å²) in [6, 6.07) is 6.73. The van der Waals surface area contributed by atoms with Crippen LogP contribution >= 0.6 is 0 Å². The van der Waals surface area contributed by atoms with Gasteiger partial charge >= 0.3 is 11.9 Å². The number of carboxylic acid groups (broad SMARTS) is 2. The number of aromatic nitrogens is 1. The molecule has 0 amide bonds. The Morgan fingerprint density at radius 3 is 2.65 bits per heavy atom. The van der Waals surface area contributed by atoms with Crippen molar-refractivity contribution in [3.8, 4) is 0 Å². The molecule has 88 valence electrons. The van der Waals surface area contributed by atoms with E-state index in [2.05, 4.69) is 5.16 Å². The van der Waals surface area contributed by atoms with E-state index in [1.54, 1.807) is 24.3 Å². The van der Waals surface area contributed by atoms with Gasteiger partial charge in [-0.05, 0) is 12.1 Å². The largest absolute Gasteiger partial charge is 0.481 e. The summed E-state index contributed by atoms with van der Waals surface area (Å²) < 4.78 is 4.96. The van der Waals surface area contributed by atoms with Gasteiger partial charge in [-0.2, -0.15) is 0 Å². The molecule has 2 N–H and O–H groups in total. The van der Waals surface area contributed by atoms with Crippen LogP contribution in [0.25, 0.3) is 11.0 Å². The van der Waals surface area contributed by atoms with E-state index in [0.717, 1.165) is 0 Å². The smallest absolute Gasteiger partial charge is 0.313 e. The molecule has 0 saturated heterocycles. The van der Waals surface area contributed by atoms with Crippen molar-refractivity contribution < 1.29 is 24.3 Å². The van der Waals surface area contributed by atoms with Crippen LogP contribution in [-0.2, 0) is 9.59 Å². The lowest BCUT2D eigenvalue weighted by Crippen LogP contribution is -2.16. The van der Waals surface area contributed by atoms with Gasteiger partial charge in [0.05, 0.1) is 6.42 Å². The second-order valence-electron chi connectivity index (χ2n) is 3.55. The Labute approximate surface area is 95.4 Å². The summed E-state index contributed by atoms with van der Waals surface area (Å²) in [7, 11) is 0. The highest BCUT2D eigenvalue weighted by Crippen LogP contribution is 2.27. The van der Waals surface area contributed by atoms with E-state index in [0.29, 0.717) is 11.0 Å². The van der Waals surface area contributed by atoms with Crippen molar-refractivity contribution in [2.45, 2.75) is 12.3 Å². The summed E-state index contributed by atoms with van der Waals surface area (Å²) in [5.74, 6) is -3.62. The highest BCUT2D eigenvalue weighted by atomic mass is 16.5. The van der Waals surface area contributed by atoms with Crippen molar-refractivity contribution in [1.29, 1.82) is 0 Å². The van der Waals surface area contributed by atoms with Gasteiger partial charge in [-0.3, -0.25) is 9.59 Å². The minimum absolute atomic E-state index is 0.149. The molecule has 2 rings (SSSR count). The van der Waals surface area contributed by atoms with Crippen molar-refractivity contribution in [3.63, 3.8) is 0 Å². The highest BCUT2D eigenvalue weighted by Gasteiger charge is 2.28. The van der Waals surface area contributed by atoms with Crippen LogP contribution in [0.2, 0.25) is 0 Å². The standard InChI is InChI=1S/C11H9NO5/c13-9(14)5-7(11(15)16)10-6-3-1-2-4-8(6)17-12-10/h1-4,7H,5H2,(H,13,14)(H,15,16). The number of fused-ring (bicyclic) bond motifs is 1. The van der Waals surface area contributed by atoms with Gasteiger partial charge in [0.2, 0.25) is 0 Å². The summed E-state index contributed by atoms with van der Waals surface area (Å²) in [6.45, 7) is 0. The predicted molar refractivity (Wildman–Crippen MR) is 56.6 cm³/mol. The van der Waals surface area contributed by atoms with Gasteiger partial charge in [0.25, 0.3) is 0 Å². The Morgan fingerprint density at radius 2 is 2.00 bits per heavy atom. The zero-order chi connectivity index (χ0) is 12.4. The van der Waals surface area contributed by atoms with Gasteiger partial charge in [0, 0.05) is 5.39 Å². The van der Waals surface area contributed by atoms with E-state index in [-0.39, 0.29) is 5.69 Å². The number of nitrogens with zero attached hydrogens (tertiary/aromatic N) is 1. The van der Waals surface area contributed by atoms with Crippen LogP contribution in [0.3, 0.4) is 0 Å². The molecule has 1 aromatic heterocycles. The normalized spacial score (nSPS) is 12.5. The van der Waals surface area contributed by atoms with Crippen LogP contribution in [0.4, 0.5) is 0 Å². The van der Waals surface area contributed by atoms with Crippen molar-refractivity contribution in [1.82, 2.24) is 5.16 Å². The second-order valence-corrected chi connectivity index (χ2v) is 3.55. The van der Waals surface area contributed by atoms with E-state index >= 15 is 0 Å². The molecule has 2 aromatic rings. The van der Waals surface area contributed by atoms with Crippen LogP contribution in [0.5, 0.6) is 0 Å². The molecule has 6 heteroatoms. The number of hydrogen-bond acceptors (Lipinski definition) is 4. The molecule has 0 aliphatic carbocycles. The van der Waals surface area contributed by atoms with Crippen molar-refractivity contribution in [2.75, 3.05) is 0 Å². The van der Waals surface area contributed by atoms with Crippen LogP contribution in [-0.4, -0.2) is 27.3 Å². The molecule has 0 bridgehead atoms. The first-order chi connectivity index (χ1) is 8.09. The van der Waals surface area contributed by atoms with Crippen LogP contribution in [0.1, 0.15) is 18.0 Å². The van der Waals surface area contributed by atoms with Gasteiger partial charge in [0.15, 0.2) is 5.58 Å². The van der Waals surface area contributed by atoms with Gasteiger partial charge in [-0.25, -0.2) is 0 Å². The van der Waals surface area contributed by atoms with E-state index in [4.69, 9.17) is 14.7 Å². The molecule has 0 radical (unpaired) electrons. The third-order valence-corrected chi connectivity index (χ3v) is 2.41. The number of rotatable bonds is 4. The first-order valence-corrected chi connectivity index (χ1v) is 4.88. The lowest BCUT2D eigenvalue weighted by Gasteiger charge is -2.05. The maximum atomic E-state index is 11.0. The zero-order valence-electron chi connectivity index (χ0n) is 8.66. The van der Waals surface area contributed by atoms with Crippen molar-refractivity contribution >= 4 is 22.9 Å². The highest BCUT2D eigenvalue weighted by molar-refractivity contribution is 5.89. The molecule has 0 aliphatic heterocycles. The van der Waals surface area contributed by atoms with E-state index in [9.17, 15) is 9.59 Å². The number of carbonyl (C=O) groups is 2. The molecular weight excluding hydrogens is 226 g/mol. The van der Waals surface area contributed by atoms with Crippen LogP contribution in [0, 0.1) is 0 Å². The predicted octanol–water partition coefficient (Wildman–Crippen LogP) is 1.47. The Kier molecular flexibility index (Phi) is 2.78. The number of benzene rings is 1. The SMILES string of the molecule is O=C(O)CC(C(=O)O)c1noc2ccccc12. The minimum Gasteiger partial charge on any atom is -0.481 e. The average Bonchev–Trinajstić information content (AvgIpc) is 2.69. The molecule has 17 heavy (non-hydrogen) atoms. The first-order valence-electron chi connectivity index (χ1n) is 4.88. The molecule has 0 fully saturated rings. The zero-order valence-corrected chi connectivity index (χ0v) is 8.66. The molecule has 1 aromatic carbocycles. The second kappa shape index (κ2) is 4.25. The fourth-order valence-electron chi connectivity index (χ4n) is 1.63. The quantitative estimate of drug-likeness (QED) is 0.832. The molecule has 1 unspecified atom stereocenters. The molecule has 0 spiro atoms. The van der Waals surface area contributed by atoms with Crippen LogP contribution < -0.4 is 0 Å². The lowest BCUT2D eigenvalue weighted by atomic mass is 9.99. The average molecular weight is 235 g/mol. The Balaban J connectivity index is 2.48. The third-order valence-electron chi connectivity index (χ3n) is 2.41. The third kappa shape index (κ3) is 2.10. The summed E-state index contributed by atoms with van der Waals surface area (Å²) in [5, 5.41) is 21.9. The number of para-hydroxylation sites is 1. The maximum Gasteiger partial charge on any atom is 0.313 e. The van der Waals surface area contributed by atoms with E-state index in [1.165, 1.54) is 0 Å². The summed E-state index contributed by atoms with van der Waals surface area (Å²) in [4.78, 5) is 21.7. The molecule has 1 heterocycles. The van der Waals surface area contributed by atoms with Crippen LogP contribution in [0.15, 0.2) is 28.8 Å². The van der Waals surface area contributed by atoms with Crippen molar-refractivity contribution in [3.05, 3.63) is 30.0 Å². The van der Waals surface area contributed by atoms with Gasteiger partial charge in [0.1, 0.15) is 11.6 Å². The number of carboxylic acids is 2. The maximum absolute atomic E-state index is 11.0. The Morgan fingerprint density at radius 1 is 1.29 bits per heavy atom.